The topological polar surface area (TPSA) is 41.3 Å². The number of hydrazine groups is 1. The predicted molar refractivity (Wildman–Crippen MR) is 85.5 cm³/mol. The first-order valence-electron chi connectivity index (χ1n) is 7.91. The molecule has 1 fully saturated rings. The molecule has 1 atom stereocenters. The molecule has 1 saturated heterocycles. The van der Waals surface area contributed by atoms with E-state index in [0.29, 0.717) is 0 Å². The fourth-order valence-corrected chi connectivity index (χ4v) is 3.28. The number of halogens is 1. The Labute approximate surface area is 127 Å². The van der Waals surface area contributed by atoms with E-state index in [2.05, 4.69) is 24.2 Å². The van der Waals surface area contributed by atoms with Crippen LogP contribution < -0.4 is 11.3 Å². The highest BCUT2D eigenvalue weighted by Crippen LogP contribution is 2.26. The minimum Gasteiger partial charge on any atom is -0.297 e. The van der Waals surface area contributed by atoms with Gasteiger partial charge in [-0.2, -0.15) is 0 Å². The van der Waals surface area contributed by atoms with E-state index in [1.807, 2.05) is 13.0 Å². The molecule has 3 N–H and O–H groups in total. The van der Waals surface area contributed by atoms with Gasteiger partial charge in [-0.15, -0.1) is 0 Å². The van der Waals surface area contributed by atoms with Gasteiger partial charge in [-0.05, 0) is 76.4 Å². The molecule has 1 aliphatic heterocycles. The zero-order valence-corrected chi connectivity index (χ0v) is 13.5. The molecule has 0 radical (unpaired) electrons. The van der Waals surface area contributed by atoms with Gasteiger partial charge in [0.1, 0.15) is 5.82 Å². The Morgan fingerprint density at radius 1 is 1.29 bits per heavy atom. The van der Waals surface area contributed by atoms with Crippen LogP contribution >= 0.6 is 0 Å². The summed E-state index contributed by atoms with van der Waals surface area (Å²) >= 11 is 0. The summed E-state index contributed by atoms with van der Waals surface area (Å²) in [4.78, 5) is 2.51. The molecule has 2 rings (SSSR count). The Morgan fingerprint density at radius 2 is 1.95 bits per heavy atom. The summed E-state index contributed by atoms with van der Waals surface area (Å²) < 4.78 is 13.5. The summed E-state index contributed by atoms with van der Waals surface area (Å²) in [6.07, 6.45) is 4.55. The lowest BCUT2D eigenvalue weighted by Gasteiger charge is -2.46. The molecule has 0 aromatic heterocycles. The summed E-state index contributed by atoms with van der Waals surface area (Å²) in [5, 5.41) is 0. The van der Waals surface area contributed by atoms with Crippen LogP contribution in [-0.2, 0) is 6.42 Å². The molecule has 0 spiro atoms. The van der Waals surface area contributed by atoms with E-state index < -0.39 is 0 Å². The molecule has 1 unspecified atom stereocenters. The van der Waals surface area contributed by atoms with E-state index in [1.54, 1.807) is 6.07 Å². The zero-order valence-electron chi connectivity index (χ0n) is 13.5. The summed E-state index contributed by atoms with van der Waals surface area (Å²) in [6, 6.07) is 5.08. The third-order valence-electron chi connectivity index (χ3n) is 4.96. The molecule has 0 aliphatic carbocycles. The standard InChI is InChI=1S/C17H28FN3/c1-13-7-8-15(18)11-14(13)12-16(20-19)17(2,3)21-9-5-4-6-10-21/h7-8,11,16,20H,4-6,9-10,12,19H2,1-3H3. The number of nitrogens with zero attached hydrogens (tertiary/aromatic N) is 1. The van der Waals surface area contributed by atoms with Gasteiger partial charge in [0.05, 0.1) is 0 Å². The second kappa shape index (κ2) is 6.86. The number of nitrogens with one attached hydrogen (secondary N) is 1. The number of benzene rings is 1. The van der Waals surface area contributed by atoms with Gasteiger partial charge < -0.3 is 0 Å². The molecule has 21 heavy (non-hydrogen) atoms. The number of nitrogens with two attached hydrogens (primary N) is 1. The van der Waals surface area contributed by atoms with Crippen LogP contribution in [0.3, 0.4) is 0 Å². The monoisotopic (exact) mass is 293 g/mol. The highest BCUT2D eigenvalue weighted by molar-refractivity contribution is 5.28. The molecule has 4 heteroatoms. The summed E-state index contributed by atoms with van der Waals surface area (Å²) in [6.45, 7) is 8.73. The zero-order chi connectivity index (χ0) is 15.5. The van der Waals surface area contributed by atoms with Crippen molar-refractivity contribution >= 4 is 0 Å². The second-order valence-corrected chi connectivity index (χ2v) is 6.70. The van der Waals surface area contributed by atoms with Crippen LogP contribution in [0.5, 0.6) is 0 Å². The van der Waals surface area contributed by atoms with Gasteiger partial charge in [0, 0.05) is 11.6 Å². The van der Waals surface area contributed by atoms with E-state index in [9.17, 15) is 4.39 Å². The molecule has 1 aromatic carbocycles. The average Bonchev–Trinajstić information content (AvgIpc) is 2.48. The summed E-state index contributed by atoms with van der Waals surface area (Å²) in [5.74, 6) is 5.65. The van der Waals surface area contributed by atoms with Crippen molar-refractivity contribution in [3.05, 3.63) is 35.1 Å². The third kappa shape index (κ3) is 3.82. The van der Waals surface area contributed by atoms with Gasteiger partial charge in [0.2, 0.25) is 0 Å². The Morgan fingerprint density at radius 3 is 2.57 bits per heavy atom. The van der Waals surface area contributed by atoms with Gasteiger partial charge in [-0.25, -0.2) is 4.39 Å². The van der Waals surface area contributed by atoms with Crippen LogP contribution in [0.1, 0.15) is 44.2 Å². The average molecular weight is 293 g/mol. The second-order valence-electron chi connectivity index (χ2n) is 6.70. The quantitative estimate of drug-likeness (QED) is 0.648. The molecule has 0 bridgehead atoms. The SMILES string of the molecule is Cc1ccc(F)cc1CC(NN)C(C)(C)N1CCCCC1. The molecule has 118 valence electrons. The maximum atomic E-state index is 13.5. The van der Waals surface area contributed by atoms with Crippen molar-refractivity contribution in [3.8, 4) is 0 Å². The summed E-state index contributed by atoms with van der Waals surface area (Å²) in [7, 11) is 0. The molecular weight excluding hydrogens is 265 g/mol. The third-order valence-corrected chi connectivity index (χ3v) is 4.96. The summed E-state index contributed by atoms with van der Waals surface area (Å²) in [5.41, 5.74) is 5.07. The van der Waals surface area contributed by atoms with Crippen molar-refractivity contribution in [2.45, 2.75) is 58.0 Å². The number of rotatable bonds is 5. The Hall–Kier alpha value is -0.970. The minimum atomic E-state index is -0.179. The molecular formula is C17H28FN3. The van der Waals surface area contributed by atoms with Crippen molar-refractivity contribution in [2.24, 2.45) is 5.84 Å². The number of aryl methyl sites for hydroxylation is 1. The highest BCUT2D eigenvalue weighted by Gasteiger charge is 2.35. The Bertz CT molecular complexity index is 467. The first-order valence-corrected chi connectivity index (χ1v) is 7.91. The highest BCUT2D eigenvalue weighted by atomic mass is 19.1. The predicted octanol–water partition coefficient (Wildman–Crippen LogP) is 2.77. The lowest BCUT2D eigenvalue weighted by Crippen LogP contribution is -2.61. The molecule has 0 amide bonds. The van der Waals surface area contributed by atoms with Crippen molar-refractivity contribution in [2.75, 3.05) is 13.1 Å². The maximum absolute atomic E-state index is 13.5. The number of piperidine rings is 1. The lowest BCUT2D eigenvalue weighted by atomic mass is 9.85. The van der Waals surface area contributed by atoms with Crippen LogP contribution in [0.2, 0.25) is 0 Å². The van der Waals surface area contributed by atoms with Crippen molar-refractivity contribution < 1.29 is 4.39 Å². The van der Waals surface area contributed by atoms with Gasteiger partial charge >= 0.3 is 0 Å². The Balaban J connectivity index is 2.16. The van der Waals surface area contributed by atoms with Crippen LogP contribution in [0, 0.1) is 12.7 Å². The fourth-order valence-electron chi connectivity index (χ4n) is 3.28. The van der Waals surface area contributed by atoms with Gasteiger partial charge in [0.25, 0.3) is 0 Å². The van der Waals surface area contributed by atoms with Crippen LogP contribution in [-0.4, -0.2) is 29.6 Å². The van der Waals surface area contributed by atoms with Crippen LogP contribution in [0.4, 0.5) is 4.39 Å². The number of hydrogen-bond acceptors (Lipinski definition) is 3. The molecule has 1 aromatic rings. The normalized spacial score (nSPS) is 18.7. The number of likely N-dealkylation sites (tertiary alicyclic amines) is 1. The Kier molecular flexibility index (Phi) is 5.36. The van der Waals surface area contributed by atoms with Crippen LogP contribution in [0.15, 0.2) is 18.2 Å². The molecule has 3 nitrogen and oxygen atoms in total. The first-order chi connectivity index (χ1) is 9.95. The molecule has 1 heterocycles. The fraction of sp³-hybridized carbons (Fsp3) is 0.647. The molecule has 1 aliphatic rings. The van der Waals surface area contributed by atoms with Gasteiger partial charge in [0.15, 0.2) is 0 Å². The minimum absolute atomic E-state index is 0.0477. The molecule has 0 saturated carbocycles. The number of hydrogen-bond donors (Lipinski definition) is 2. The first kappa shape index (κ1) is 16.4. The van der Waals surface area contributed by atoms with E-state index in [-0.39, 0.29) is 17.4 Å². The van der Waals surface area contributed by atoms with Crippen LogP contribution in [0.25, 0.3) is 0 Å². The maximum Gasteiger partial charge on any atom is 0.123 e. The van der Waals surface area contributed by atoms with Gasteiger partial charge in [-0.3, -0.25) is 16.2 Å². The van der Waals surface area contributed by atoms with Crippen molar-refractivity contribution in [3.63, 3.8) is 0 Å². The largest absolute Gasteiger partial charge is 0.297 e. The van der Waals surface area contributed by atoms with Crippen molar-refractivity contribution in [1.82, 2.24) is 10.3 Å². The van der Waals surface area contributed by atoms with E-state index in [0.717, 1.165) is 30.6 Å². The van der Waals surface area contributed by atoms with Crippen molar-refractivity contribution in [1.29, 1.82) is 0 Å². The lowest BCUT2D eigenvalue weighted by molar-refractivity contribution is 0.0610. The van der Waals surface area contributed by atoms with Gasteiger partial charge in [-0.1, -0.05) is 12.5 Å². The van der Waals surface area contributed by atoms with E-state index in [4.69, 9.17) is 5.84 Å². The smallest absolute Gasteiger partial charge is 0.123 e. The van der Waals surface area contributed by atoms with E-state index >= 15 is 0 Å². The van der Waals surface area contributed by atoms with E-state index in [1.165, 1.54) is 25.3 Å².